The molecule has 0 spiro atoms. The molecule has 0 amide bonds. The molecule has 1 aliphatic heterocycles. The molecule has 244 valence electrons. The van der Waals surface area contributed by atoms with E-state index in [0.29, 0.717) is 5.92 Å². The summed E-state index contributed by atoms with van der Waals surface area (Å²) in [6.45, 7) is 11.3. The van der Waals surface area contributed by atoms with E-state index in [2.05, 4.69) is 26.8 Å². The van der Waals surface area contributed by atoms with Crippen molar-refractivity contribution in [1.29, 1.82) is 0 Å². The molecule has 0 saturated carbocycles. The molecule has 2 heterocycles. The number of aromatic hydroxyl groups is 1. The third-order valence-corrected chi connectivity index (χ3v) is 8.33. The van der Waals surface area contributed by atoms with E-state index < -0.39 is 53.9 Å². The number of aliphatic hydroxyl groups excluding tert-OH is 5. The van der Waals surface area contributed by atoms with Gasteiger partial charge in [0.25, 0.3) is 0 Å². The summed E-state index contributed by atoms with van der Waals surface area (Å²) in [6.07, 6.45) is 8.44. The Morgan fingerprint density at radius 3 is 2.44 bits per heavy atom. The predicted octanol–water partition coefficient (Wildman–Crippen LogP) is 4.58. The van der Waals surface area contributed by atoms with Crippen LogP contribution in [-0.2, 0) is 10.2 Å². The van der Waals surface area contributed by atoms with Crippen molar-refractivity contribution in [3.63, 3.8) is 0 Å². The van der Waals surface area contributed by atoms with Crippen LogP contribution in [0.2, 0.25) is 0 Å². The third-order valence-electron chi connectivity index (χ3n) is 8.33. The molecule has 0 bridgehead atoms. The zero-order chi connectivity index (χ0) is 32.3. The van der Waals surface area contributed by atoms with Crippen molar-refractivity contribution >= 4 is 0 Å². The largest absolute Gasteiger partial charge is 0.507 e. The fourth-order valence-electron chi connectivity index (χ4n) is 5.56. The molecular weight excluding hydrogens is 552 g/mol. The average Bonchev–Trinajstić information content (AvgIpc) is 2.95. The first-order valence-corrected chi connectivity index (χ1v) is 15.6. The van der Waals surface area contributed by atoms with Gasteiger partial charge in [-0.2, -0.15) is 0 Å². The second kappa shape index (κ2) is 17.3. The summed E-state index contributed by atoms with van der Waals surface area (Å²) in [5.74, 6) is -0.0686. The summed E-state index contributed by atoms with van der Waals surface area (Å²) in [5, 5.41) is 61.7. The SMILES string of the molecule is CCCCCC[C@@H](C)C/C(C)=C\[C@@H](/C=C(C)/C=C/[C@H](O)C(C)(C)c1cc(O)c([C@H]2O[C@@H](CO)C[C@@H](O)[C@H]2O)c(=O)o1)CO. The lowest BCUT2D eigenvalue weighted by Gasteiger charge is -2.36. The number of unbranched alkanes of at least 4 members (excludes halogenated alkanes) is 3. The van der Waals surface area contributed by atoms with Gasteiger partial charge in [0.15, 0.2) is 0 Å². The maximum Gasteiger partial charge on any atom is 0.345 e. The van der Waals surface area contributed by atoms with Gasteiger partial charge < -0.3 is 39.8 Å². The Labute approximate surface area is 256 Å². The van der Waals surface area contributed by atoms with E-state index in [4.69, 9.17) is 9.15 Å². The molecule has 0 aromatic carbocycles. The predicted molar refractivity (Wildman–Crippen MR) is 167 cm³/mol. The normalized spacial score (nSPS) is 24.3. The lowest BCUT2D eigenvalue weighted by atomic mass is 9.82. The van der Waals surface area contributed by atoms with Crippen molar-refractivity contribution in [3.8, 4) is 5.75 Å². The Kier molecular flexibility index (Phi) is 14.8. The van der Waals surface area contributed by atoms with Gasteiger partial charge in [-0.05, 0) is 40.0 Å². The van der Waals surface area contributed by atoms with Gasteiger partial charge in [0, 0.05) is 18.4 Å². The molecule has 0 unspecified atom stereocenters. The van der Waals surface area contributed by atoms with Crippen molar-refractivity contribution in [2.24, 2.45) is 11.8 Å². The highest BCUT2D eigenvalue weighted by molar-refractivity contribution is 5.36. The van der Waals surface area contributed by atoms with Gasteiger partial charge in [-0.25, -0.2) is 4.79 Å². The number of allylic oxidation sites excluding steroid dienone is 3. The molecule has 2 rings (SSSR count). The Morgan fingerprint density at radius 2 is 1.84 bits per heavy atom. The van der Waals surface area contributed by atoms with Crippen LogP contribution in [0.15, 0.2) is 50.7 Å². The molecule has 0 aliphatic carbocycles. The summed E-state index contributed by atoms with van der Waals surface area (Å²) in [6, 6.07) is 1.20. The summed E-state index contributed by atoms with van der Waals surface area (Å²) in [7, 11) is 0. The highest BCUT2D eigenvalue weighted by Crippen LogP contribution is 2.37. The molecule has 1 aromatic heterocycles. The molecule has 1 saturated heterocycles. The van der Waals surface area contributed by atoms with Crippen molar-refractivity contribution in [3.05, 3.63) is 63.3 Å². The van der Waals surface area contributed by atoms with Gasteiger partial charge in [0.2, 0.25) is 0 Å². The van der Waals surface area contributed by atoms with E-state index in [0.717, 1.165) is 12.0 Å². The molecule has 0 radical (unpaired) electrons. The van der Waals surface area contributed by atoms with Crippen LogP contribution >= 0.6 is 0 Å². The Balaban J connectivity index is 2.14. The molecular formula is C34H54O9. The molecule has 9 heteroatoms. The van der Waals surface area contributed by atoms with Crippen LogP contribution in [-0.4, -0.2) is 68.3 Å². The minimum atomic E-state index is -1.50. The van der Waals surface area contributed by atoms with Crippen LogP contribution in [0.25, 0.3) is 0 Å². The van der Waals surface area contributed by atoms with E-state index in [-0.39, 0.29) is 30.3 Å². The van der Waals surface area contributed by atoms with Gasteiger partial charge >= 0.3 is 5.63 Å². The Bertz CT molecular complexity index is 1150. The second-order valence-electron chi connectivity index (χ2n) is 12.8. The van der Waals surface area contributed by atoms with E-state index >= 15 is 0 Å². The van der Waals surface area contributed by atoms with Crippen LogP contribution < -0.4 is 5.63 Å². The van der Waals surface area contributed by atoms with Crippen LogP contribution in [0.3, 0.4) is 0 Å². The van der Waals surface area contributed by atoms with Crippen molar-refractivity contribution in [1.82, 2.24) is 0 Å². The zero-order valence-corrected chi connectivity index (χ0v) is 26.7. The van der Waals surface area contributed by atoms with Crippen LogP contribution in [0.1, 0.15) is 104 Å². The van der Waals surface area contributed by atoms with E-state index in [1.165, 1.54) is 43.7 Å². The first-order chi connectivity index (χ1) is 20.2. The van der Waals surface area contributed by atoms with Crippen molar-refractivity contribution in [2.75, 3.05) is 13.2 Å². The lowest BCUT2D eigenvalue weighted by molar-refractivity contribution is -0.180. The number of ether oxygens (including phenoxy) is 1. The molecule has 6 N–H and O–H groups in total. The fourth-order valence-corrected chi connectivity index (χ4v) is 5.56. The standard InChI is InChI=1S/C34H54O9/c1-7-8-9-10-11-21(2)14-23(4)16-24(19-35)15-22(3)12-13-28(39)34(5,6)29-18-26(37)30(33(41)43-29)32-31(40)27(38)17-25(20-36)42-32/h12-13,15-16,18,21,24-25,27-28,31-32,35-40H,7-11,14,17,19-20H2,1-6H3/b13-12+,22-15+,23-16-/t21-,24-,25-,27-,28+,31-,32-/m1/s1. The highest BCUT2D eigenvalue weighted by atomic mass is 16.5. The Hall–Kier alpha value is -2.27. The van der Waals surface area contributed by atoms with Gasteiger partial charge in [0.05, 0.1) is 36.9 Å². The highest BCUT2D eigenvalue weighted by Gasteiger charge is 2.41. The summed E-state index contributed by atoms with van der Waals surface area (Å²) in [5.41, 5.74) is -0.399. The molecule has 1 aliphatic rings. The second-order valence-corrected chi connectivity index (χ2v) is 12.8. The van der Waals surface area contributed by atoms with Gasteiger partial charge in [-0.15, -0.1) is 0 Å². The van der Waals surface area contributed by atoms with Crippen LogP contribution in [0, 0.1) is 11.8 Å². The Morgan fingerprint density at radius 1 is 1.14 bits per heavy atom. The quantitative estimate of drug-likeness (QED) is 0.0899. The summed E-state index contributed by atoms with van der Waals surface area (Å²) >= 11 is 0. The topological polar surface area (TPSA) is 161 Å². The maximum atomic E-state index is 12.9. The first-order valence-electron chi connectivity index (χ1n) is 15.6. The lowest BCUT2D eigenvalue weighted by Crippen LogP contribution is -2.46. The van der Waals surface area contributed by atoms with E-state index in [1.54, 1.807) is 26.0 Å². The molecule has 1 aromatic rings. The summed E-state index contributed by atoms with van der Waals surface area (Å²) < 4.78 is 11.0. The van der Waals surface area contributed by atoms with E-state index in [1.807, 2.05) is 13.0 Å². The summed E-state index contributed by atoms with van der Waals surface area (Å²) in [4.78, 5) is 12.9. The fraction of sp³-hybridized carbons (Fsp3) is 0.676. The maximum absolute atomic E-state index is 12.9. The van der Waals surface area contributed by atoms with Crippen LogP contribution in [0.4, 0.5) is 0 Å². The van der Waals surface area contributed by atoms with Crippen molar-refractivity contribution < 1.29 is 39.8 Å². The molecule has 43 heavy (non-hydrogen) atoms. The molecule has 9 nitrogen and oxygen atoms in total. The molecule has 7 atom stereocenters. The molecule has 1 fully saturated rings. The third kappa shape index (κ3) is 10.7. The number of aliphatic hydroxyl groups is 5. The van der Waals surface area contributed by atoms with Gasteiger partial charge in [-0.1, -0.05) is 81.4 Å². The first kappa shape index (κ1) is 36.9. The number of hydrogen-bond acceptors (Lipinski definition) is 9. The van der Waals surface area contributed by atoms with E-state index in [9.17, 15) is 35.4 Å². The minimum Gasteiger partial charge on any atom is -0.507 e. The monoisotopic (exact) mass is 606 g/mol. The minimum absolute atomic E-state index is 0.0118. The van der Waals surface area contributed by atoms with Gasteiger partial charge in [-0.3, -0.25) is 0 Å². The average molecular weight is 607 g/mol. The van der Waals surface area contributed by atoms with Crippen LogP contribution in [0.5, 0.6) is 5.75 Å². The smallest absolute Gasteiger partial charge is 0.345 e. The number of rotatable bonds is 16. The number of hydrogen-bond donors (Lipinski definition) is 6. The zero-order valence-electron chi connectivity index (χ0n) is 26.7. The van der Waals surface area contributed by atoms with Gasteiger partial charge in [0.1, 0.15) is 29.3 Å². The van der Waals surface area contributed by atoms with Crippen molar-refractivity contribution in [2.45, 2.75) is 122 Å².